The molecule has 1 heterocycles. The molecule has 0 fully saturated rings. The molecule has 0 atom stereocenters. The normalized spacial score (nSPS) is 12.3. The number of amides is 1. The summed E-state index contributed by atoms with van der Waals surface area (Å²) in [6, 6.07) is 15.8. The third-order valence-electron chi connectivity index (χ3n) is 5.43. The SMILES string of the molecule is CC(C)N(CC(=O)N(CCc1ccccc1)Cc1ccco1)S(=O)(=O)c1cccc(C(F)(F)F)c1. The zero-order valence-electron chi connectivity index (χ0n) is 19.4. The summed E-state index contributed by atoms with van der Waals surface area (Å²) >= 11 is 0. The summed E-state index contributed by atoms with van der Waals surface area (Å²) in [7, 11) is -4.38. The van der Waals surface area contributed by atoms with Gasteiger partial charge >= 0.3 is 6.18 Å². The van der Waals surface area contributed by atoms with E-state index in [1.165, 1.54) is 11.2 Å². The average Bonchev–Trinajstić information content (AvgIpc) is 3.33. The molecule has 3 aromatic rings. The minimum atomic E-state index is -4.69. The highest BCUT2D eigenvalue weighted by Crippen LogP contribution is 2.31. The van der Waals surface area contributed by atoms with Gasteiger partial charge in [0, 0.05) is 12.6 Å². The molecule has 1 aromatic heterocycles. The van der Waals surface area contributed by atoms with Crippen LogP contribution in [0.3, 0.4) is 0 Å². The molecular formula is C25H27F3N2O4S. The molecule has 6 nitrogen and oxygen atoms in total. The first-order valence-electron chi connectivity index (χ1n) is 11.0. The number of halogens is 3. The highest BCUT2D eigenvalue weighted by Gasteiger charge is 2.35. The summed E-state index contributed by atoms with van der Waals surface area (Å²) in [5, 5.41) is 0. The standard InChI is InChI=1S/C25H27F3N2O4S/c1-19(2)30(35(32,33)23-12-6-10-21(16-23)25(26,27)28)18-24(31)29(17-22-11-7-15-34-22)14-13-20-8-4-3-5-9-20/h3-12,15-16,19H,13-14,17-18H2,1-2H3. The number of furan rings is 1. The van der Waals surface area contributed by atoms with Gasteiger partial charge in [-0.05, 0) is 56.2 Å². The van der Waals surface area contributed by atoms with Crippen molar-refractivity contribution in [2.24, 2.45) is 0 Å². The van der Waals surface area contributed by atoms with E-state index in [1.807, 2.05) is 30.3 Å². The van der Waals surface area contributed by atoms with Crippen molar-refractivity contribution < 1.29 is 30.8 Å². The second kappa shape index (κ2) is 11.1. The molecule has 35 heavy (non-hydrogen) atoms. The summed E-state index contributed by atoms with van der Waals surface area (Å²) in [6.45, 7) is 3.05. The minimum absolute atomic E-state index is 0.133. The van der Waals surface area contributed by atoms with E-state index in [0.29, 0.717) is 24.8 Å². The van der Waals surface area contributed by atoms with Gasteiger partial charge in [-0.15, -0.1) is 0 Å². The number of hydrogen-bond donors (Lipinski definition) is 0. The van der Waals surface area contributed by atoms with Crippen LogP contribution >= 0.6 is 0 Å². The fourth-order valence-corrected chi connectivity index (χ4v) is 5.17. The van der Waals surface area contributed by atoms with Gasteiger partial charge in [-0.25, -0.2) is 8.42 Å². The Bertz CT molecular complexity index is 1210. The lowest BCUT2D eigenvalue weighted by Gasteiger charge is -2.29. The van der Waals surface area contributed by atoms with E-state index in [1.54, 1.807) is 26.0 Å². The molecule has 0 spiro atoms. The number of carbonyl (C=O) groups is 1. The van der Waals surface area contributed by atoms with Gasteiger partial charge in [-0.3, -0.25) is 4.79 Å². The van der Waals surface area contributed by atoms with Crippen molar-refractivity contribution in [3.63, 3.8) is 0 Å². The molecule has 1 amide bonds. The summed E-state index contributed by atoms with van der Waals surface area (Å²) in [5.74, 6) is 0.0461. The van der Waals surface area contributed by atoms with Gasteiger partial charge in [-0.2, -0.15) is 17.5 Å². The molecule has 2 aromatic carbocycles. The van der Waals surface area contributed by atoms with Crippen LogP contribution in [0.1, 0.15) is 30.7 Å². The van der Waals surface area contributed by atoms with Gasteiger partial charge in [0.15, 0.2) is 0 Å². The lowest BCUT2D eigenvalue weighted by atomic mass is 10.1. The largest absolute Gasteiger partial charge is 0.467 e. The highest BCUT2D eigenvalue weighted by atomic mass is 32.2. The Morgan fingerprint density at radius 3 is 2.31 bits per heavy atom. The molecule has 188 valence electrons. The van der Waals surface area contributed by atoms with Crippen molar-refractivity contribution in [3.8, 4) is 0 Å². The molecular weight excluding hydrogens is 481 g/mol. The van der Waals surface area contributed by atoms with Crippen molar-refractivity contribution in [1.29, 1.82) is 0 Å². The zero-order chi connectivity index (χ0) is 25.6. The summed E-state index contributed by atoms with van der Waals surface area (Å²) in [6.07, 6.45) is -2.68. The average molecular weight is 509 g/mol. The van der Waals surface area contributed by atoms with E-state index in [2.05, 4.69) is 0 Å². The zero-order valence-corrected chi connectivity index (χ0v) is 20.2. The number of rotatable bonds is 10. The van der Waals surface area contributed by atoms with Gasteiger partial charge < -0.3 is 9.32 Å². The number of benzene rings is 2. The van der Waals surface area contributed by atoms with E-state index in [-0.39, 0.29) is 6.54 Å². The number of nitrogens with zero attached hydrogens (tertiary/aromatic N) is 2. The Morgan fingerprint density at radius 2 is 1.71 bits per heavy atom. The van der Waals surface area contributed by atoms with Crippen LogP contribution in [0.5, 0.6) is 0 Å². The van der Waals surface area contributed by atoms with Crippen molar-refractivity contribution in [1.82, 2.24) is 9.21 Å². The van der Waals surface area contributed by atoms with Crippen LogP contribution in [-0.4, -0.2) is 42.7 Å². The Hall–Kier alpha value is -3.11. The van der Waals surface area contributed by atoms with Crippen molar-refractivity contribution in [3.05, 3.63) is 89.9 Å². The minimum Gasteiger partial charge on any atom is -0.467 e. The highest BCUT2D eigenvalue weighted by molar-refractivity contribution is 7.89. The van der Waals surface area contributed by atoms with Crippen molar-refractivity contribution in [2.45, 2.75) is 43.9 Å². The van der Waals surface area contributed by atoms with Gasteiger partial charge in [0.1, 0.15) is 5.76 Å². The van der Waals surface area contributed by atoms with Gasteiger partial charge in [0.25, 0.3) is 0 Å². The van der Waals surface area contributed by atoms with Crippen LogP contribution in [0.2, 0.25) is 0 Å². The first-order valence-corrected chi connectivity index (χ1v) is 12.5. The van der Waals surface area contributed by atoms with E-state index in [9.17, 15) is 26.4 Å². The van der Waals surface area contributed by atoms with Gasteiger partial charge in [0.05, 0.1) is 29.8 Å². The topological polar surface area (TPSA) is 70.8 Å². The van der Waals surface area contributed by atoms with E-state index in [4.69, 9.17) is 4.42 Å². The molecule has 0 aliphatic rings. The van der Waals surface area contributed by atoms with Crippen LogP contribution in [0, 0.1) is 0 Å². The van der Waals surface area contributed by atoms with Crippen molar-refractivity contribution >= 4 is 15.9 Å². The summed E-state index contributed by atoms with van der Waals surface area (Å²) < 4.78 is 72.3. The Kier molecular flexibility index (Phi) is 8.39. The first kappa shape index (κ1) is 26.5. The second-order valence-corrected chi connectivity index (χ2v) is 10.2. The first-order chi connectivity index (χ1) is 16.5. The molecule has 0 unspecified atom stereocenters. The van der Waals surface area contributed by atoms with Gasteiger partial charge in [-0.1, -0.05) is 36.4 Å². The maximum atomic E-state index is 13.3. The Morgan fingerprint density at radius 1 is 1.00 bits per heavy atom. The molecule has 0 radical (unpaired) electrons. The van der Waals surface area contributed by atoms with Crippen molar-refractivity contribution in [2.75, 3.05) is 13.1 Å². The quantitative estimate of drug-likeness (QED) is 0.388. The number of carbonyl (C=O) groups excluding carboxylic acids is 1. The maximum Gasteiger partial charge on any atom is 0.416 e. The van der Waals surface area contributed by atoms with E-state index >= 15 is 0 Å². The summed E-state index contributed by atoms with van der Waals surface area (Å²) in [5.41, 5.74) is -0.0713. The lowest BCUT2D eigenvalue weighted by molar-refractivity contribution is -0.137. The molecule has 0 saturated heterocycles. The molecule has 3 rings (SSSR count). The molecule has 0 aliphatic heterocycles. The molecule has 0 N–H and O–H groups in total. The second-order valence-electron chi connectivity index (χ2n) is 8.30. The third-order valence-corrected chi connectivity index (χ3v) is 7.45. The third kappa shape index (κ3) is 6.95. The van der Waals surface area contributed by atoms with Crippen LogP contribution in [0.4, 0.5) is 13.2 Å². The number of sulfonamides is 1. The smallest absolute Gasteiger partial charge is 0.416 e. The van der Waals surface area contributed by atoms with E-state index in [0.717, 1.165) is 28.1 Å². The molecule has 0 bridgehead atoms. The predicted molar refractivity (Wildman–Crippen MR) is 125 cm³/mol. The van der Waals surface area contributed by atoms with Crippen LogP contribution in [0.25, 0.3) is 0 Å². The number of hydrogen-bond acceptors (Lipinski definition) is 4. The predicted octanol–water partition coefficient (Wildman–Crippen LogP) is 4.97. The molecule has 0 saturated carbocycles. The van der Waals surface area contributed by atoms with E-state index < -0.39 is 45.2 Å². The fraction of sp³-hybridized carbons (Fsp3) is 0.320. The Balaban J connectivity index is 1.84. The van der Waals surface area contributed by atoms with Crippen LogP contribution in [0.15, 0.2) is 82.3 Å². The van der Waals surface area contributed by atoms with Gasteiger partial charge in [0.2, 0.25) is 15.9 Å². The number of alkyl halides is 3. The lowest BCUT2D eigenvalue weighted by Crippen LogP contribution is -2.46. The fourth-order valence-electron chi connectivity index (χ4n) is 3.54. The summed E-state index contributed by atoms with van der Waals surface area (Å²) in [4.78, 5) is 14.3. The van der Waals surface area contributed by atoms with Crippen LogP contribution < -0.4 is 0 Å². The monoisotopic (exact) mass is 508 g/mol. The molecule has 10 heteroatoms. The maximum absolute atomic E-state index is 13.3. The Labute approximate surface area is 203 Å². The van der Waals surface area contributed by atoms with Crippen LogP contribution in [-0.2, 0) is 34.0 Å². The molecule has 0 aliphatic carbocycles.